The standard InChI is InChI=1S/C13H21N/c1-13(2)6-5-12(13)14-11-8-9-3-4-10(11)7-9/h3-4,9-12,14H,5-8H2,1-2H3/t9-,10+,11?,12?/m1/s1. The quantitative estimate of drug-likeness (QED) is 0.662. The number of allylic oxidation sites excluding steroid dienone is 1. The number of hydrogen-bond donors (Lipinski definition) is 1. The minimum Gasteiger partial charge on any atom is -0.310 e. The Hall–Kier alpha value is -0.300. The minimum absolute atomic E-state index is 0.561. The summed E-state index contributed by atoms with van der Waals surface area (Å²) in [6.45, 7) is 4.80. The first-order valence-electron chi connectivity index (χ1n) is 6.09. The molecule has 1 N–H and O–H groups in total. The molecule has 0 aromatic heterocycles. The highest BCUT2D eigenvalue weighted by Gasteiger charge is 2.43. The molecule has 0 aromatic rings. The maximum Gasteiger partial charge on any atom is 0.0138 e. The molecule has 0 heterocycles. The Kier molecular flexibility index (Phi) is 1.82. The third kappa shape index (κ3) is 1.25. The summed E-state index contributed by atoms with van der Waals surface area (Å²) in [6, 6.07) is 1.59. The van der Waals surface area contributed by atoms with Crippen LogP contribution in [0.2, 0.25) is 0 Å². The maximum atomic E-state index is 3.89. The number of hydrogen-bond acceptors (Lipinski definition) is 1. The van der Waals surface area contributed by atoms with Gasteiger partial charge in [0.15, 0.2) is 0 Å². The molecule has 0 aromatic carbocycles. The van der Waals surface area contributed by atoms with E-state index in [1.54, 1.807) is 0 Å². The summed E-state index contributed by atoms with van der Waals surface area (Å²) in [5, 5.41) is 3.89. The zero-order valence-corrected chi connectivity index (χ0v) is 9.29. The van der Waals surface area contributed by atoms with Gasteiger partial charge >= 0.3 is 0 Å². The molecular formula is C13H21N. The van der Waals surface area contributed by atoms with Crippen LogP contribution in [0.4, 0.5) is 0 Å². The molecule has 0 amide bonds. The Bertz CT molecular complexity index is 266. The number of rotatable bonds is 2. The first-order chi connectivity index (χ1) is 6.65. The molecule has 0 aliphatic heterocycles. The predicted octanol–water partition coefficient (Wildman–Crippen LogP) is 2.73. The predicted molar refractivity (Wildman–Crippen MR) is 59.1 cm³/mol. The molecule has 1 nitrogen and oxygen atoms in total. The summed E-state index contributed by atoms with van der Waals surface area (Å²) < 4.78 is 0. The van der Waals surface area contributed by atoms with Crippen LogP contribution < -0.4 is 5.32 Å². The van der Waals surface area contributed by atoms with E-state index in [1.165, 1.54) is 25.7 Å². The molecule has 2 fully saturated rings. The lowest BCUT2D eigenvalue weighted by atomic mass is 9.67. The van der Waals surface area contributed by atoms with Crippen LogP contribution >= 0.6 is 0 Å². The average molecular weight is 191 g/mol. The van der Waals surface area contributed by atoms with Crippen molar-refractivity contribution in [2.45, 2.75) is 51.6 Å². The minimum atomic E-state index is 0.561. The molecule has 4 atom stereocenters. The van der Waals surface area contributed by atoms with E-state index in [-0.39, 0.29) is 0 Å². The van der Waals surface area contributed by atoms with Crippen LogP contribution in [0.1, 0.15) is 39.5 Å². The zero-order valence-electron chi connectivity index (χ0n) is 9.29. The highest BCUT2D eigenvalue weighted by molar-refractivity contribution is 5.13. The molecule has 2 saturated carbocycles. The van der Waals surface area contributed by atoms with Crippen molar-refractivity contribution < 1.29 is 0 Å². The van der Waals surface area contributed by atoms with Gasteiger partial charge in [-0.3, -0.25) is 0 Å². The van der Waals surface area contributed by atoms with Gasteiger partial charge in [0.25, 0.3) is 0 Å². The molecule has 0 spiro atoms. The van der Waals surface area contributed by atoms with Gasteiger partial charge in [-0.1, -0.05) is 26.0 Å². The molecule has 1 heteroatoms. The van der Waals surface area contributed by atoms with Gasteiger partial charge in [-0.25, -0.2) is 0 Å². The molecule has 3 aliphatic carbocycles. The molecular weight excluding hydrogens is 170 g/mol. The van der Waals surface area contributed by atoms with Crippen molar-refractivity contribution in [1.29, 1.82) is 0 Å². The third-order valence-corrected chi connectivity index (χ3v) is 4.71. The maximum absolute atomic E-state index is 3.89. The summed E-state index contributed by atoms with van der Waals surface area (Å²) in [5.74, 6) is 1.76. The summed E-state index contributed by atoms with van der Waals surface area (Å²) in [7, 11) is 0. The smallest absolute Gasteiger partial charge is 0.0138 e. The molecule has 3 aliphatic rings. The average Bonchev–Trinajstić information content (AvgIpc) is 2.73. The van der Waals surface area contributed by atoms with Crippen LogP contribution in [0.25, 0.3) is 0 Å². The van der Waals surface area contributed by atoms with Gasteiger partial charge in [0.1, 0.15) is 0 Å². The fourth-order valence-electron chi connectivity index (χ4n) is 3.41. The lowest BCUT2D eigenvalue weighted by Crippen LogP contribution is -2.54. The van der Waals surface area contributed by atoms with Crippen LogP contribution in [-0.4, -0.2) is 12.1 Å². The monoisotopic (exact) mass is 191 g/mol. The normalized spacial score (nSPS) is 48.1. The van der Waals surface area contributed by atoms with Gasteiger partial charge in [0.2, 0.25) is 0 Å². The van der Waals surface area contributed by atoms with Crippen molar-refractivity contribution in [2.24, 2.45) is 17.3 Å². The van der Waals surface area contributed by atoms with Gasteiger partial charge in [0, 0.05) is 12.1 Å². The molecule has 0 saturated heterocycles. The second-order valence-corrected chi connectivity index (χ2v) is 6.13. The summed E-state index contributed by atoms with van der Waals surface area (Å²) in [6.07, 6.45) is 10.5. The van der Waals surface area contributed by atoms with E-state index in [0.717, 1.165) is 23.9 Å². The van der Waals surface area contributed by atoms with E-state index in [4.69, 9.17) is 0 Å². The van der Waals surface area contributed by atoms with Crippen molar-refractivity contribution >= 4 is 0 Å². The van der Waals surface area contributed by atoms with Crippen LogP contribution in [0, 0.1) is 17.3 Å². The highest BCUT2D eigenvalue weighted by atomic mass is 15.0. The van der Waals surface area contributed by atoms with E-state index in [0.29, 0.717) is 5.41 Å². The van der Waals surface area contributed by atoms with Gasteiger partial charge in [-0.05, 0) is 42.9 Å². The van der Waals surface area contributed by atoms with Gasteiger partial charge < -0.3 is 5.32 Å². The molecule has 14 heavy (non-hydrogen) atoms. The molecule has 3 rings (SSSR count). The van der Waals surface area contributed by atoms with Crippen molar-refractivity contribution in [3.8, 4) is 0 Å². The largest absolute Gasteiger partial charge is 0.310 e. The second kappa shape index (κ2) is 2.85. The van der Waals surface area contributed by atoms with E-state index < -0.39 is 0 Å². The Morgan fingerprint density at radius 3 is 2.50 bits per heavy atom. The zero-order chi connectivity index (χ0) is 9.76. The van der Waals surface area contributed by atoms with Crippen LogP contribution in [-0.2, 0) is 0 Å². The Balaban J connectivity index is 1.61. The fourth-order valence-corrected chi connectivity index (χ4v) is 3.41. The summed E-state index contributed by atoms with van der Waals surface area (Å²) in [4.78, 5) is 0. The summed E-state index contributed by atoms with van der Waals surface area (Å²) >= 11 is 0. The fraction of sp³-hybridized carbons (Fsp3) is 0.846. The Morgan fingerprint density at radius 1 is 1.21 bits per heavy atom. The number of nitrogens with one attached hydrogen (secondary N) is 1. The Labute approximate surface area is 87.0 Å². The molecule has 0 radical (unpaired) electrons. The van der Waals surface area contributed by atoms with Gasteiger partial charge in [-0.2, -0.15) is 0 Å². The van der Waals surface area contributed by atoms with E-state index in [1.807, 2.05) is 0 Å². The van der Waals surface area contributed by atoms with Crippen molar-refractivity contribution in [3.05, 3.63) is 12.2 Å². The van der Waals surface area contributed by atoms with Gasteiger partial charge in [-0.15, -0.1) is 0 Å². The Morgan fingerprint density at radius 2 is 2.07 bits per heavy atom. The van der Waals surface area contributed by atoms with Gasteiger partial charge in [0.05, 0.1) is 0 Å². The van der Waals surface area contributed by atoms with Crippen LogP contribution in [0.5, 0.6) is 0 Å². The van der Waals surface area contributed by atoms with Crippen molar-refractivity contribution in [2.75, 3.05) is 0 Å². The number of fused-ring (bicyclic) bond motifs is 2. The highest BCUT2D eigenvalue weighted by Crippen LogP contribution is 2.44. The third-order valence-electron chi connectivity index (χ3n) is 4.71. The topological polar surface area (TPSA) is 12.0 Å². The second-order valence-electron chi connectivity index (χ2n) is 6.13. The van der Waals surface area contributed by atoms with E-state index in [2.05, 4.69) is 31.3 Å². The van der Waals surface area contributed by atoms with Crippen molar-refractivity contribution in [3.63, 3.8) is 0 Å². The lowest BCUT2D eigenvalue weighted by Gasteiger charge is -2.47. The SMILES string of the molecule is CC1(C)CCC1NC1C[C@@H]2C=C[C@H]1C2. The van der Waals surface area contributed by atoms with E-state index in [9.17, 15) is 0 Å². The van der Waals surface area contributed by atoms with Crippen LogP contribution in [0.3, 0.4) is 0 Å². The van der Waals surface area contributed by atoms with E-state index >= 15 is 0 Å². The summed E-state index contributed by atoms with van der Waals surface area (Å²) in [5.41, 5.74) is 0.561. The first-order valence-corrected chi connectivity index (χ1v) is 6.09. The molecule has 2 unspecified atom stereocenters. The lowest BCUT2D eigenvalue weighted by molar-refractivity contribution is 0.0940. The van der Waals surface area contributed by atoms with Crippen LogP contribution in [0.15, 0.2) is 12.2 Å². The van der Waals surface area contributed by atoms with Crippen molar-refractivity contribution in [1.82, 2.24) is 5.32 Å². The molecule has 2 bridgehead atoms. The molecule has 78 valence electrons. The first kappa shape index (κ1) is 8.96.